The van der Waals surface area contributed by atoms with Crippen molar-refractivity contribution >= 4 is 23.8 Å². The predicted octanol–water partition coefficient (Wildman–Crippen LogP) is 2.20. The van der Waals surface area contributed by atoms with Crippen molar-refractivity contribution in [2.75, 3.05) is 6.61 Å². The van der Waals surface area contributed by atoms with Gasteiger partial charge in [0.2, 0.25) is 5.91 Å². The quantitative estimate of drug-likeness (QED) is 0.804. The summed E-state index contributed by atoms with van der Waals surface area (Å²) < 4.78 is 5.40. The minimum absolute atomic E-state index is 0.00173. The van der Waals surface area contributed by atoms with Crippen LogP contribution < -0.4 is 10.1 Å². The van der Waals surface area contributed by atoms with E-state index in [4.69, 9.17) is 16.3 Å². The SMILES string of the molecule is O=Cc1ccc(OCCC(=O)NC2CC2)c(Cl)c1. The van der Waals surface area contributed by atoms with E-state index in [-0.39, 0.29) is 12.5 Å². The Morgan fingerprint density at radius 1 is 1.50 bits per heavy atom. The zero-order valence-corrected chi connectivity index (χ0v) is 10.6. The summed E-state index contributed by atoms with van der Waals surface area (Å²) in [5, 5.41) is 3.25. The van der Waals surface area contributed by atoms with Crippen LogP contribution in [0.4, 0.5) is 0 Å². The number of rotatable bonds is 6. The number of carbonyl (C=O) groups is 2. The van der Waals surface area contributed by atoms with E-state index >= 15 is 0 Å². The van der Waals surface area contributed by atoms with Crippen LogP contribution in [0.1, 0.15) is 29.6 Å². The third-order valence-corrected chi connectivity index (χ3v) is 2.92. The van der Waals surface area contributed by atoms with Crippen LogP contribution in [0.2, 0.25) is 5.02 Å². The van der Waals surface area contributed by atoms with E-state index in [0.29, 0.717) is 28.8 Å². The first-order chi connectivity index (χ1) is 8.69. The molecular formula is C13H14ClNO3. The lowest BCUT2D eigenvalue weighted by Crippen LogP contribution is -2.26. The molecule has 1 aliphatic rings. The molecule has 4 nitrogen and oxygen atoms in total. The second-order valence-corrected chi connectivity index (χ2v) is 4.66. The highest BCUT2D eigenvalue weighted by molar-refractivity contribution is 6.32. The molecule has 96 valence electrons. The predicted molar refractivity (Wildman–Crippen MR) is 68.1 cm³/mol. The first-order valence-corrected chi connectivity index (χ1v) is 6.24. The zero-order valence-electron chi connectivity index (χ0n) is 9.82. The number of hydrogen-bond acceptors (Lipinski definition) is 3. The maximum Gasteiger partial charge on any atom is 0.223 e. The van der Waals surface area contributed by atoms with Crippen molar-refractivity contribution in [3.8, 4) is 5.75 Å². The van der Waals surface area contributed by atoms with Gasteiger partial charge in [0.15, 0.2) is 0 Å². The van der Waals surface area contributed by atoms with E-state index in [9.17, 15) is 9.59 Å². The molecule has 0 spiro atoms. The van der Waals surface area contributed by atoms with Gasteiger partial charge in [-0.2, -0.15) is 0 Å². The molecule has 1 aliphatic carbocycles. The molecule has 0 atom stereocenters. The van der Waals surface area contributed by atoms with Gasteiger partial charge in [-0.1, -0.05) is 11.6 Å². The molecule has 0 aliphatic heterocycles. The molecule has 0 heterocycles. The number of amides is 1. The molecule has 18 heavy (non-hydrogen) atoms. The number of carbonyl (C=O) groups excluding carboxylic acids is 2. The Hall–Kier alpha value is -1.55. The third-order valence-electron chi connectivity index (χ3n) is 2.62. The molecule has 0 unspecified atom stereocenters. The molecule has 0 bridgehead atoms. The Kier molecular flexibility index (Phi) is 4.20. The Bertz CT molecular complexity index is 458. The van der Waals surface area contributed by atoms with Crippen molar-refractivity contribution in [3.05, 3.63) is 28.8 Å². The lowest BCUT2D eigenvalue weighted by atomic mass is 10.2. The van der Waals surface area contributed by atoms with Crippen LogP contribution in [0.15, 0.2) is 18.2 Å². The standard InChI is InChI=1S/C13H14ClNO3/c14-11-7-9(8-16)1-4-12(11)18-6-5-13(17)15-10-2-3-10/h1,4,7-8,10H,2-3,5-6H2,(H,15,17). The fourth-order valence-corrected chi connectivity index (χ4v) is 1.73. The van der Waals surface area contributed by atoms with Crippen LogP contribution in [0.5, 0.6) is 5.75 Å². The summed E-state index contributed by atoms with van der Waals surface area (Å²) in [6.45, 7) is 0.276. The Labute approximate surface area is 110 Å². The second kappa shape index (κ2) is 5.87. The third kappa shape index (κ3) is 3.74. The smallest absolute Gasteiger partial charge is 0.223 e. The van der Waals surface area contributed by atoms with Crippen LogP contribution in [0.25, 0.3) is 0 Å². The van der Waals surface area contributed by atoms with E-state index in [1.807, 2.05) is 0 Å². The molecule has 0 radical (unpaired) electrons. The van der Waals surface area contributed by atoms with Crippen LogP contribution >= 0.6 is 11.6 Å². The number of benzene rings is 1. The summed E-state index contributed by atoms with van der Waals surface area (Å²) in [6.07, 6.45) is 3.18. The molecule has 1 fully saturated rings. The monoisotopic (exact) mass is 267 g/mol. The lowest BCUT2D eigenvalue weighted by Gasteiger charge is -2.08. The molecule has 0 saturated heterocycles. The van der Waals surface area contributed by atoms with Crippen molar-refractivity contribution in [3.63, 3.8) is 0 Å². The van der Waals surface area contributed by atoms with Gasteiger partial charge in [0.05, 0.1) is 18.1 Å². The number of aldehydes is 1. The van der Waals surface area contributed by atoms with E-state index in [2.05, 4.69) is 5.32 Å². The Morgan fingerprint density at radius 3 is 2.89 bits per heavy atom. The van der Waals surface area contributed by atoms with Crippen molar-refractivity contribution in [2.45, 2.75) is 25.3 Å². The van der Waals surface area contributed by atoms with E-state index < -0.39 is 0 Å². The molecule has 1 saturated carbocycles. The summed E-state index contributed by atoms with van der Waals surface area (Å²) in [6, 6.07) is 5.16. The minimum atomic E-state index is -0.00173. The summed E-state index contributed by atoms with van der Waals surface area (Å²) in [7, 11) is 0. The van der Waals surface area contributed by atoms with Crippen molar-refractivity contribution in [1.29, 1.82) is 0 Å². The first-order valence-electron chi connectivity index (χ1n) is 5.86. The van der Waals surface area contributed by atoms with Gasteiger partial charge in [0, 0.05) is 11.6 Å². The highest BCUT2D eigenvalue weighted by atomic mass is 35.5. The van der Waals surface area contributed by atoms with Crippen LogP contribution in [-0.4, -0.2) is 24.8 Å². The van der Waals surface area contributed by atoms with E-state index in [1.54, 1.807) is 12.1 Å². The molecule has 0 aromatic heterocycles. The molecule has 1 aromatic carbocycles. The van der Waals surface area contributed by atoms with E-state index in [1.165, 1.54) is 6.07 Å². The summed E-state index contributed by atoms with van der Waals surface area (Å²) in [5.74, 6) is 0.486. The second-order valence-electron chi connectivity index (χ2n) is 4.25. The van der Waals surface area contributed by atoms with Gasteiger partial charge in [-0.05, 0) is 31.0 Å². The molecule has 1 N–H and O–H groups in total. The van der Waals surface area contributed by atoms with Crippen LogP contribution in [0.3, 0.4) is 0 Å². The van der Waals surface area contributed by atoms with Gasteiger partial charge < -0.3 is 10.1 Å². The molecule has 1 amide bonds. The minimum Gasteiger partial charge on any atom is -0.491 e. The lowest BCUT2D eigenvalue weighted by molar-refractivity contribution is -0.121. The number of nitrogens with one attached hydrogen (secondary N) is 1. The zero-order chi connectivity index (χ0) is 13.0. The molecule has 1 aromatic rings. The highest BCUT2D eigenvalue weighted by Crippen LogP contribution is 2.25. The topological polar surface area (TPSA) is 55.4 Å². The molecular weight excluding hydrogens is 254 g/mol. The maximum absolute atomic E-state index is 11.4. The van der Waals surface area contributed by atoms with Crippen LogP contribution in [-0.2, 0) is 4.79 Å². The number of ether oxygens (including phenoxy) is 1. The summed E-state index contributed by atoms with van der Waals surface area (Å²) in [4.78, 5) is 21.9. The van der Waals surface area contributed by atoms with Crippen molar-refractivity contribution in [2.24, 2.45) is 0 Å². The molecule has 5 heteroatoms. The summed E-state index contributed by atoms with van der Waals surface area (Å²) >= 11 is 5.93. The summed E-state index contributed by atoms with van der Waals surface area (Å²) in [5.41, 5.74) is 0.499. The number of hydrogen-bond donors (Lipinski definition) is 1. The number of halogens is 1. The average Bonchev–Trinajstić information content (AvgIpc) is 3.15. The molecule has 2 rings (SSSR count). The van der Waals surface area contributed by atoms with Gasteiger partial charge in [-0.25, -0.2) is 0 Å². The van der Waals surface area contributed by atoms with Gasteiger partial charge >= 0.3 is 0 Å². The van der Waals surface area contributed by atoms with Crippen LogP contribution in [0, 0.1) is 0 Å². The van der Waals surface area contributed by atoms with Gasteiger partial charge in [-0.3, -0.25) is 9.59 Å². The fraction of sp³-hybridized carbons (Fsp3) is 0.385. The Morgan fingerprint density at radius 2 is 2.28 bits per heavy atom. The highest BCUT2D eigenvalue weighted by Gasteiger charge is 2.22. The first kappa shape index (κ1) is 12.9. The maximum atomic E-state index is 11.4. The van der Waals surface area contributed by atoms with Crippen molar-refractivity contribution < 1.29 is 14.3 Å². The van der Waals surface area contributed by atoms with Gasteiger partial charge in [0.1, 0.15) is 12.0 Å². The van der Waals surface area contributed by atoms with Crippen molar-refractivity contribution in [1.82, 2.24) is 5.32 Å². The fourth-order valence-electron chi connectivity index (χ4n) is 1.49. The van der Waals surface area contributed by atoms with Gasteiger partial charge in [0.25, 0.3) is 0 Å². The Balaban J connectivity index is 1.78. The normalized spacial score (nSPS) is 14.1. The largest absolute Gasteiger partial charge is 0.491 e. The average molecular weight is 268 g/mol. The van der Waals surface area contributed by atoms with Gasteiger partial charge in [-0.15, -0.1) is 0 Å². The van der Waals surface area contributed by atoms with E-state index in [0.717, 1.165) is 19.1 Å².